The molecule has 0 saturated carbocycles. The van der Waals surface area contributed by atoms with Crippen molar-refractivity contribution in [1.29, 1.82) is 0 Å². The second-order valence-corrected chi connectivity index (χ2v) is 7.06. The minimum atomic E-state index is -3.23. The molecule has 1 saturated heterocycles. The van der Waals surface area contributed by atoms with E-state index in [0.717, 1.165) is 12.0 Å². The first-order valence-electron chi connectivity index (χ1n) is 6.15. The number of aryl methyl sites for hydroxylation is 1. The van der Waals surface area contributed by atoms with Crippen molar-refractivity contribution in [3.63, 3.8) is 0 Å². The Bertz CT molecular complexity index is 551. The van der Waals surface area contributed by atoms with Crippen LogP contribution in [0.4, 0.5) is 0 Å². The highest BCUT2D eigenvalue weighted by Crippen LogP contribution is 2.21. The molecule has 2 rings (SSSR count). The molecule has 18 heavy (non-hydrogen) atoms. The summed E-state index contributed by atoms with van der Waals surface area (Å²) in [6, 6.07) is 3.69. The number of ketones is 1. The lowest BCUT2D eigenvalue weighted by molar-refractivity contribution is -0.118. The zero-order valence-corrected chi connectivity index (χ0v) is 11.2. The van der Waals surface area contributed by atoms with Gasteiger partial charge < -0.3 is 0 Å². The largest absolute Gasteiger partial charge is 0.298 e. The molecule has 0 spiro atoms. The Morgan fingerprint density at radius 3 is 2.89 bits per heavy atom. The van der Waals surface area contributed by atoms with Crippen LogP contribution in [0, 0.1) is 6.92 Å². The molecule has 98 valence electrons. The van der Waals surface area contributed by atoms with Gasteiger partial charge in [-0.1, -0.05) is 12.5 Å². The standard InChI is InChI=1S/C13H17NO3S/c1-10-5-4-7-14-11(10)9-12(15)13-6-2-3-8-18(13,16)17/h4-5,7,13H,2-3,6,8-9H2,1H3. The Morgan fingerprint density at radius 1 is 1.44 bits per heavy atom. The Kier molecular flexibility index (Phi) is 3.80. The lowest BCUT2D eigenvalue weighted by Crippen LogP contribution is -2.36. The predicted molar refractivity (Wildman–Crippen MR) is 69.1 cm³/mol. The van der Waals surface area contributed by atoms with Gasteiger partial charge in [0, 0.05) is 6.20 Å². The molecule has 1 aliphatic heterocycles. The lowest BCUT2D eigenvalue weighted by atomic mass is 10.0. The van der Waals surface area contributed by atoms with Gasteiger partial charge in [-0.05, 0) is 31.4 Å². The van der Waals surface area contributed by atoms with E-state index in [2.05, 4.69) is 4.98 Å². The summed E-state index contributed by atoms with van der Waals surface area (Å²) < 4.78 is 23.7. The maximum atomic E-state index is 12.1. The molecular weight excluding hydrogens is 250 g/mol. The molecule has 1 aromatic heterocycles. The number of Topliss-reactive ketones (excluding diaryl/α,β-unsaturated/α-hetero) is 1. The van der Waals surface area contributed by atoms with Crippen molar-refractivity contribution in [2.75, 3.05) is 5.75 Å². The molecule has 4 nitrogen and oxygen atoms in total. The van der Waals surface area contributed by atoms with Crippen molar-refractivity contribution in [3.8, 4) is 0 Å². The molecule has 0 aliphatic carbocycles. The lowest BCUT2D eigenvalue weighted by Gasteiger charge is -2.21. The zero-order valence-electron chi connectivity index (χ0n) is 10.4. The van der Waals surface area contributed by atoms with Gasteiger partial charge >= 0.3 is 0 Å². The van der Waals surface area contributed by atoms with E-state index in [1.54, 1.807) is 12.3 Å². The number of nitrogens with zero attached hydrogens (tertiary/aromatic N) is 1. The number of carbonyl (C=O) groups excluding carboxylic acids is 1. The molecule has 0 N–H and O–H groups in total. The summed E-state index contributed by atoms with van der Waals surface area (Å²) in [7, 11) is -3.23. The molecule has 1 unspecified atom stereocenters. The van der Waals surface area contributed by atoms with E-state index in [4.69, 9.17) is 0 Å². The summed E-state index contributed by atoms with van der Waals surface area (Å²) in [5, 5.41) is -0.812. The van der Waals surface area contributed by atoms with E-state index >= 15 is 0 Å². The monoisotopic (exact) mass is 267 g/mol. The van der Waals surface area contributed by atoms with E-state index < -0.39 is 15.1 Å². The SMILES string of the molecule is Cc1cccnc1CC(=O)C1CCCCS1(=O)=O. The molecule has 1 aliphatic rings. The van der Waals surface area contributed by atoms with Crippen LogP contribution in [-0.4, -0.2) is 30.2 Å². The first kappa shape index (κ1) is 13.2. The van der Waals surface area contributed by atoms with Gasteiger partial charge in [0.05, 0.1) is 17.9 Å². The fourth-order valence-electron chi connectivity index (χ4n) is 2.30. The molecule has 0 aromatic carbocycles. The van der Waals surface area contributed by atoms with Crippen LogP contribution in [0.5, 0.6) is 0 Å². The van der Waals surface area contributed by atoms with Gasteiger partial charge in [0.15, 0.2) is 15.6 Å². The van der Waals surface area contributed by atoms with Crippen LogP contribution in [0.2, 0.25) is 0 Å². The third-order valence-corrected chi connectivity index (χ3v) is 5.62. The van der Waals surface area contributed by atoms with Gasteiger partial charge in [-0.2, -0.15) is 0 Å². The van der Waals surface area contributed by atoms with Crippen LogP contribution in [-0.2, 0) is 21.1 Å². The van der Waals surface area contributed by atoms with Crippen molar-refractivity contribution < 1.29 is 13.2 Å². The number of hydrogen-bond acceptors (Lipinski definition) is 4. The van der Waals surface area contributed by atoms with E-state index in [9.17, 15) is 13.2 Å². The smallest absolute Gasteiger partial charge is 0.160 e. The molecule has 1 atom stereocenters. The van der Waals surface area contributed by atoms with Crippen molar-refractivity contribution >= 4 is 15.6 Å². The predicted octanol–water partition coefficient (Wildman–Crippen LogP) is 1.47. The van der Waals surface area contributed by atoms with Gasteiger partial charge in [-0.25, -0.2) is 8.42 Å². The summed E-state index contributed by atoms with van der Waals surface area (Å²) >= 11 is 0. The number of rotatable bonds is 3. The highest BCUT2D eigenvalue weighted by Gasteiger charge is 2.34. The molecule has 0 bridgehead atoms. The van der Waals surface area contributed by atoms with E-state index in [0.29, 0.717) is 18.5 Å². The highest BCUT2D eigenvalue weighted by molar-refractivity contribution is 7.92. The van der Waals surface area contributed by atoms with Gasteiger partial charge in [-0.3, -0.25) is 9.78 Å². The van der Waals surface area contributed by atoms with Crippen LogP contribution in [0.15, 0.2) is 18.3 Å². The first-order chi connectivity index (χ1) is 8.50. The average Bonchev–Trinajstić information content (AvgIpc) is 2.31. The second kappa shape index (κ2) is 5.18. The summed E-state index contributed by atoms with van der Waals surface area (Å²) in [4.78, 5) is 16.3. The summed E-state index contributed by atoms with van der Waals surface area (Å²) in [6.45, 7) is 1.88. The van der Waals surface area contributed by atoms with Crippen molar-refractivity contribution in [2.45, 2.75) is 37.9 Å². The Balaban J connectivity index is 2.15. The normalized spacial score (nSPS) is 22.6. The molecule has 0 amide bonds. The Labute approximate surface area is 107 Å². The van der Waals surface area contributed by atoms with E-state index in [-0.39, 0.29) is 18.0 Å². The Hall–Kier alpha value is -1.23. The zero-order chi connectivity index (χ0) is 13.2. The number of aromatic nitrogens is 1. The Morgan fingerprint density at radius 2 is 2.22 bits per heavy atom. The van der Waals surface area contributed by atoms with Gasteiger partial charge in [0.25, 0.3) is 0 Å². The number of sulfone groups is 1. The maximum absolute atomic E-state index is 12.1. The first-order valence-corrected chi connectivity index (χ1v) is 7.87. The van der Waals surface area contributed by atoms with E-state index in [1.807, 2.05) is 13.0 Å². The number of pyridine rings is 1. The fourth-order valence-corrected chi connectivity index (χ4v) is 4.20. The molecule has 1 aromatic rings. The van der Waals surface area contributed by atoms with Crippen LogP contribution in [0.3, 0.4) is 0 Å². The second-order valence-electron chi connectivity index (χ2n) is 4.76. The molecular formula is C13H17NO3S. The molecule has 5 heteroatoms. The molecule has 0 radical (unpaired) electrons. The van der Waals surface area contributed by atoms with Crippen LogP contribution < -0.4 is 0 Å². The number of carbonyl (C=O) groups is 1. The minimum Gasteiger partial charge on any atom is -0.298 e. The van der Waals surface area contributed by atoms with Crippen molar-refractivity contribution in [1.82, 2.24) is 4.98 Å². The summed E-state index contributed by atoms with van der Waals surface area (Å²) in [5.41, 5.74) is 1.61. The van der Waals surface area contributed by atoms with Crippen molar-refractivity contribution in [2.24, 2.45) is 0 Å². The van der Waals surface area contributed by atoms with Gasteiger partial charge in [-0.15, -0.1) is 0 Å². The third kappa shape index (κ3) is 2.77. The average molecular weight is 267 g/mol. The topological polar surface area (TPSA) is 64.1 Å². The van der Waals surface area contributed by atoms with E-state index in [1.165, 1.54) is 0 Å². The van der Waals surface area contributed by atoms with Gasteiger partial charge in [0.2, 0.25) is 0 Å². The highest BCUT2D eigenvalue weighted by atomic mass is 32.2. The number of hydrogen-bond donors (Lipinski definition) is 0. The third-order valence-electron chi connectivity index (χ3n) is 3.40. The maximum Gasteiger partial charge on any atom is 0.160 e. The van der Waals surface area contributed by atoms with Crippen LogP contribution in [0.25, 0.3) is 0 Å². The van der Waals surface area contributed by atoms with Crippen LogP contribution in [0.1, 0.15) is 30.5 Å². The van der Waals surface area contributed by atoms with Crippen molar-refractivity contribution in [3.05, 3.63) is 29.6 Å². The quantitative estimate of drug-likeness (QED) is 0.832. The fraction of sp³-hybridized carbons (Fsp3) is 0.538. The summed E-state index contributed by atoms with van der Waals surface area (Å²) in [5.74, 6) is -0.0681. The minimum absolute atomic E-state index is 0.122. The van der Waals surface area contributed by atoms with Crippen LogP contribution >= 0.6 is 0 Å². The molecule has 2 heterocycles. The molecule has 1 fully saturated rings. The summed E-state index contributed by atoms with van der Waals surface area (Å²) in [6.07, 6.45) is 3.71. The van der Waals surface area contributed by atoms with Gasteiger partial charge in [0.1, 0.15) is 5.25 Å².